The van der Waals surface area contributed by atoms with E-state index in [-0.39, 0.29) is 35.8 Å². The van der Waals surface area contributed by atoms with Crippen molar-refractivity contribution in [3.05, 3.63) is 94.8 Å². The molecule has 0 unspecified atom stereocenters. The second kappa shape index (κ2) is 9.56. The summed E-state index contributed by atoms with van der Waals surface area (Å²) in [7, 11) is 1.44. The highest BCUT2D eigenvalue weighted by Gasteiger charge is 2.22. The van der Waals surface area contributed by atoms with Gasteiger partial charge < -0.3 is 20.5 Å². The molecule has 3 N–H and O–H groups in total. The predicted octanol–water partition coefficient (Wildman–Crippen LogP) is 3.40. The summed E-state index contributed by atoms with van der Waals surface area (Å²) < 4.78 is 18.8. The first-order valence-corrected chi connectivity index (χ1v) is 9.27. The predicted molar refractivity (Wildman–Crippen MR) is 110 cm³/mol. The van der Waals surface area contributed by atoms with Gasteiger partial charge in [-0.1, -0.05) is 42.5 Å². The van der Waals surface area contributed by atoms with Crippen molar-refractivity contribution in [3.63, 3.8) is 0 Å². The Morgan fingerprint density at radius 3 is 2.23 bits per heavy atom. The van der Waals surface area contributed by atoms with Crippen molar-refractivity contribution in [2.24, 2.45) is 0 Å². The van der Waals surface area contributed by atoms with Crippen LogP contribution in [-0.4, -0.2) is 24.0 Å². The highest BCUT2D eigenvalue weighted by molar-refractivity contribution is 6.02. The van der Waals surface area contributed by atoms with Gasteiger partial charge in [-0.25, -0.2) is 4.39 Å². The maximum absolute atomic E-state index is 13.0. The average Bonchev–Trinajstić information content (AvgIpc) is 2.77. The molecule has 0 aromatic heterocycles. The molecule has 0 aliphatic rings. The minimum atomic E-state index is -0.504. The number of hydrogen-bond acceptors (Lipinski definition) is 4. The minimum absolute atomic E-state index is 0.00403. The Kier molecular flexibility index (Phi) is 6.64. The molecule has 0 aliphatic carbocycles. The van der Waals surface area contributed by atoms with Gasteiger partial charge in [0.15, 0.2) is 11.5 Å². The molecule has 154 valence electrons. The van der Waals surface area contributed by atoms with E-state index in [1.165, 1.54) is 31.3 Å². The molecule has 7 heteroatoms. The zero-order chi connectivity index (χ0) is 21.5. The highest BCUT2D eigenvalue weighted by atomic mass is 19.1. The third-order valence-corrected chi connectivity index (χ3v) is 4.44. The average molecular weight is 408 g/mol. The number of phenolic OH excluding ortho intramolecular Hbond substituents is 1. The molecule has 6 nitrogen and oxygen atoms in total. The SMILES string of the molecule is CNC(=O)c1ccc(C(=O)NCc2ccc(F)cc2)c(OCc2ccccc2)c1O. The van der Waals surface area contributed by atoms with Gasteiger partial charge in [0.25, 0.3) is 11.8 Å². The standard InChI is InChI=1S/C23H21FN2O4/c1-25-22(28)18-11-12-19(23(29)26-13-15-7-9-17(24)10-8-15)21(20(18)27)30-14-16-5-3-2-4-6-16/h2-12,27H,13-14H2,1H3,(H,25,28)(H,26,29). The molecular weight excluding hydrogens is 387 g/mol. The number of amides is 2. The van der Waals surface area contributed by atoms with Crippen LogP contribution in [0.5, 0.6) is 11.5 Å². The molecule has 0 aliphatic heterocycles. The minimum Gasteiger partial charge on any atom is -0.504 e. The number of nitrogens with one attached hydrogen (secondary N) is 2. The summed E-state index contributed by atoms with van der Waals surface area (Å²) in [6.45, 7) is 0.263. The summed E-state index contributed by atoms with van der Waals surface area (Å²) in [6, 6.07) is 17.7. The van der Waals surface area contributed by atoms with Crippen molar-refractivity contribution in [3.8, 4) is 11.5 Å². The molecule has 3 aromatic rings. The Bertz CT molecular complexity index is 1040. The van der Waals surface area contributed by atoms with Crippen LogP contribution in [0.4, 0.5) is 4.39 Å². The molecule has 0 fully saturated rings. The van der Waals surface area contributed by atoms with E-state index in [9.17, 15) is 19.1 Å². The van der Waals surface area contributed by atoms with Crippen LogP contribution in [0.3, 0.4) is 0 Å². The van der Waals surface area contributed by atoms with Crippen molar-refractivity contribution in [2.45, 2.75) is 13.2 Å². The van der Waals surface area contributed by atoms with Crippen LogP contribution in [0.2, 0.25) is 0 Å². The molecule has 0 radical (unpaired) electrons. The summed E-state index contributed by atoms with van der Waals surface area (Å²) in [4.78, 5) is 24.8. The Morgan fingerprint density at radius 2 is 1.57 bits per heavy atom. The van der Waals surface area contributed by atoms with Crippen LogP contribution in [0.25, 0.3) is 0 Å². The molecule has 0 saturated heterocycles. The molecule has 30 heavy (non-hydrogen) atoms. The molecule has 3 rings (SSSR count). The molecule has 2 amide bonds. The number of benzene rings is 3. The van der Waals surface area contributed by atoms with E-state index in [0.29, 0.717) is 5.56 Å². The van der Waals surface area contributed by atoms with E-state index >= 15 is 0 Å². The number of hydrogen-bond donors (Lipinski definition) is 3. The maximum Gasteiger partial charge on any atom is 0.255 e. The van der Waals surface area contributed by atoms with Crippen LogP contribution in [0.15, 0.2) is 66.7 Å². The zero-order valence-corrected chi connectivity index (χ0v) is 16.3. The van der Waals surface area contributed by atoms with Crippen LogP contribution in [-0.2, 0) is 13.2 Å². The van der Waals surface area contributed by atoms with Crippen molar-refractivity contribution < 1.29 is 23.8 Å². The normalized spacial score (nSPS) is 10.3. The van der Waals surface area contributed by atoms with Crippen molar-refractivity contribution >= 4 is 11.8 Å². The van der Waals surface area contributed by atoms with Crippen LogP contribution >= 0.6 is 0 Å². The number of halogens is 1. The molecule has 0 atom stereocenters. The van der Waals surface area contributed by atoms with Crippen molar-refractivity contribution in [1.82, 2.24) is 10.6 Å². The molecular formula is C23H21FN2O4. The lowest BCUT2D eigenvalue weighted by molar-refractivity contribution is 0.0936. The monoisotopic (exact) mass is 408 g/mol. The quantitative estimate of drug-likeness (QED) is 0.559. The number of ether oxygens (including phenoxy) is 1. The third kappa shape index (κ3) is 4.94. The lowest BCUT2D eigenvalue weighted by atomic mass is 10.1. The fraction of sp³-hybridized carbons (Fsp3) is 0.130. The summed E-state index contributed by atoms with van der Waals surface area (Å²) in [6.07, 6.45) is 0. The van der Waals surface area contributed by atoms with Gasteiger partial charge in [-0.3, -0.25) is 9.59 Å². The van der Waals surface area contributed by atoms with Crippen LogP contribution in [0.1, 0.15) is 31.8 Å². The maximum atomic E-state index is 13.0. The van der Waals surface area contributed by atoms with Crippen molar-refractivity contribution in [1.29, 1.82) is 0 Å². The first kappa shape index (κ1) is 20.9. The Hall–Kier alpha value is -3.87. The van der Waals surface area contributed by atoms with Crippen LogP contribution in [0, 0.1) is 5.82 Å². The fourth-order valence-corrected chi connectivity index (χ4v) is 2.82. The Labute approximate surface area is 173 Å². The third-order valence-electron chi connectivity index (χ3n) is 4.44. The second-order valence-electron chi connectivity index (χ2n) is 6.50. The molecule has 0 heterocycles. The second-order valence-corrected chi connectivity index (χ2v) is 6.50. The van der Waals surface area contributed by atoms with E-state index in [1.54, 1.807) is 12.1 Å². The topological polar surface area (TPSA) is 87.7 Å². The lowest BCUT2D eigenvalue weighted by Gasteiger charge is -2.15. The Balaban J connectivity index is 1.85. The van der Waals surface area contributed by atoms with Gasteiger partial charge in [-0.05, 0) is 35.4 Å². The molecule has 0 spiro atoms. The smallest absolute Gasteiger partial charge is 0.255 e. The van der Waals surface area contributed by atoms with Crippen molar-refractivity contribution in [2.75, 3.05) is 7.05 Å². The first-order chi connectivity index (χ1) is 14.5. The van der Waals surface area contributed by atoms with E-state index in [4.69, 9.17) is 4.74 Å². The first-order valence-electron chi connectivity index (χ1n) is 9.27. The van der Waals surface area contributed by atoms with E-state index in [0.717, 1.165) is 5.56 Å². The number of carbonyl (C=O) groups is 2. The van der Waals surface area contributed by atoms with Gasteiger partial charge in [-0.2, -0.15) is 0 Å². The lowest BCUT2D eigenvalue weighted by Crippen LogP contribution is -2.24. The number of phenols is 1. The summed E-state index contributed by atoms with van der Waals surface area (Å²) in [5, 5.41) is 15.8. The number of carbonyl (C=O) groups excluding carboxylic acids is 2. The van der Waals surface area contributed by atoms with Gasteiger partial charge in [-0.15, -0.1) is 0 Å². The van der Waals surface area contributed by atoms with Gasteiger partial charge in [0.2, 0.25) is 0 Å². The molecule has 0 saturated carbocycles. The van der Waals surface area contributed by atoms with Crippen LogP contribution < -0.4 is 15.4 Å². The summed E-state index contributed by atoms with van der Waals surface area (Å²) in [5.41, 5.74) is 1.62. The summed E-state index contributed by atoms with van der Waals surface area (Å²) in [5.74, 6) is -1.87. The van der Waals surface area contributed by atoms with Gasteiger partial charge in [0.1, 0.15) is 12.4 Å². The Morgan fingerprint density at radius 1 is 0.900 bits per heavy atom. The molecule has 0 bridgehead atoms. The van der Waals surface area contributed by atoms with Gasteiger partial charge in [0.05, 0.1) is 11.1 Å². The zero-order valence-electron chi connectivity index (χ0n) is 16.3. The van der Waals surface area contributed by atoms with Gasteiger partial charge in [0, 0.05) is 13.6 Å². The number of aromatic hydroxyl groups is 1. The fourth-order valence-electron chi connectivity index (χ4n) is 2.82. The van der Waals surface area contributed by atoms with E-state index < -0.39 is 17.6 Å². The van der Waals surface area contributed by atoms with E-state index in [2.05, 4.69) is 10.6 Å². The molecule has 3 aromatic carbocycles. The summed E-state index contributed by atoms with van der Waals surface area (Å²) >= 11 is 0. The van der Waals surface area contributed by atoms with Gasteiger partial charge >= 0.3 is 0 Å². The van der Waals surface area contributed by atoms with E-state index in [1.807, 2.05) is 30.3 Å². The largest absolute Gasteiger partial charge is 0.504 e. The highest BCUT2D eigenvalue weighted by Crippen LogP contribution is 2.35. The number of rotatable bonds is 7.